The first-order chi connectivity index (χ1) is 14.6. The largest absolute Gasteiger partial charge is 0.379 e. The molecule has 2 fully saturated rings. The van der Waals surface area contributed by atoms with Crippen LogP contribution in [0.5, 0.6) is 0 Å². The van der Waals surface area contributed by atoms with Crippen LogP contribution >= 0.6 is 0 Å². The van der Waals surface area contributed by atoms with Gasteiger partial charge >= 0.3 is 0 Å². The molecule has 3 rings (SSSR count). The lowest BCUT2D eigenvalue weighted by Crippen LogP contribution is -2.53. The summed E-state index contributed by atoms with van der Waals surface area (Å²) in [5.41, 5.74) is 0. The van der Waals surface area contributed by atoms with Gasteiger partial charge in [-0.3, -0.25) is 4.99 Å². The highest BCUT2D eigenvalue weighted by Crippen LogP contribution is 2.17. The van der Waals surface area contributed by atoms with Crippen LogP contribution in [0.1, 0.15) is 20.3 Å². The molecule has 1 N–H and O–H groups in total. The molecule has 30 heavy (non-hydrogen) atoms. The lowest BCUT2D eigenvalue weighted by Gasteiger charge is -2.37. The highest BCUT2D eigenvalue weighted by atomic mass is 19.1. The van der Waals surface area contributed by atoms with Gasteiger partial charge in [-0.05, 0) is 32.4 Å². The van der Waals surface area contributed by atoms with Crippen LogP contribution in [0.2, 0.25) is 0 Å². The van der Waals surface area contributed by atoms with Crippen molar-refractivity contribution in [1.29, 1.82) is 0 Å². The van der Waals surface area contributed by atoms with Gasteiger partial charge in [0.15, 0.2) is 17.6 Å². The van der Waals surface area contributed by atoms with Crippen molar-refractivity contribution in [2.75, 3.05) is 70.6 Å². The minimum atomic E-state index is -0.280. The van der Waals surface area contributed by atoms with Crippen LogP contribution in [0.4, 0.5) is 10.2 Å². The van der Waals surface area contributed by atoms with Gasteiger partial charge in [0.2, 0.25) is 0 Å². The van der Waals surface area contributed by atoms with Gasteiger partial charge in [-0.25, -0.2) is 9.37 Å². The van der Waals surface area contributed by atoms with Gasteiger partial charge in [-0.1, -0.05) is 0 Å². The van der Waals surface area contributed by atoms with Crippen LogP contribution in [0, 0.1) is 5.82 Å². The first kappa shape index (κ1) is 22.7. The maximum absolute atomic E-state index is 14.1. The molecule has 2 aliphatic rings. The molecule has 0 amide bonds. The number of rotatable bonds is 8. The maximum Gasteiger partial charge on any atom is 0.194 e. The first-order valence-electron chi connectivity index (χ1n) is 10.8. The minimum Gasteiger partial charge on any atom is -0.379 e. The number of nitrogens with zero attached hydrogens (tertiary/aromatic N) is 4. The molecule has 9 heteroatoms. The van der Waals surface area contributed by atoms with E-state index in [9.17, 15) is 4.39 Å². The summed E-state index contributed by atoms with van der Waals surface area (Å²) < 4.78 is 30.9. The first-order valence-corrected chi connectivity index (χ1v) is 10.8. The molecule has 0 aromatic carbocycles. The number of aromatic nitrogens is 1. The van der Waals surface area contributed by atoms with Gasteiger partial charge < -0.3 is 29.3 Å². The van der Waals surface area contributed by atoms with E-state index in [1.165, 1.54) is 6.07 Å². The molecule has 0 saturated carbocycles. The lowest BCUT2D eigenvalue weighted by molar-refractivity contribution is -0.0833. The number of guanidine groups is 1. The molecule has 1 atom stereocenters. The van der Waals surface area contributed by atoms with Crippen molar-refractivity contribution in [3.63, 3.8) is 0 Å². The number of hydrogen-bond acceptors (Lipinski definition) is 6. The maximum atomic E-state index is 14.1. The number of anilines is 1. The molecular formula is C21H34FN5O3. The monoisotopic (exact) mass is 423 g/mol. The van der Waals surface area contributed by atoms with Gasteiger partial charge in [0.05, 0.1) is 32.5 Å². The van der Waals surface area contributed by atoms with E-state index < -0.39 is 0 Å². The van der Waals surface area contributed by atoms with E-state index in [0.29, 0.717) is 51.9 Å². The van der Waals surface area contributed by atoms with Gasteiger partial charge in [-0.15, -0.1) is 0 Å². The Morgan fingerprint density at radius 1 is 1.33 bits per heavy atom. The van der Waals surface area contributed by atoms with E-state index in [1.54, 1.807) is 12.3 Å². The second-order valence-corrected chi connectivity index (χ2v) is 7.71. The number of hydrogen-bond donors (Lipinski definition) is 1. The van der Waals surface area contributed by atoms with Gasteiger partial charge in [-0.2, -0.15) is 0 Å². The molecule has 8 nitrogen and oxygen atoms in total. The molecule has 3 heterocycles. The van der Waals surface area contributed by atoms with E-state index >= 15 is 0 Å². The predicted molar refractivity (Wildman–Crippen MR) is 115 cm³/mol. The third-order valence-corrected chi connectivity index (χ3v) is 5.00. The number of pyridine rings is 1. The Kier molecular flexibility index (Phi) is 9.10. The van der Waals surface area contributed by atoms with Crippen LogP contribution in [0.3, 0.4) is 0 Å². The minimum absolute atomic E-state index is 0.0104. The fourth-order valence-corrected chi connectivity index (χ4v) is 3.43. The van der Waals surface area contributed by atoms with Crippen molar-refractivity contribution in [2.24, 2.45) is 4.99 Å². The Hall–Kier alpha value is -1.97. The second-order valence-electron chi connectivity index (χ2n) is 7.71. The quantitative estimate of drug-likeness (QED) is 0.386. The Bertz CT molecular complexity index is 662. The summed E-state index contributed by atoms with van der Waals surface area (Å²) in [5.74, 6) is 0.995. The highest BCUT2D eigenvalue weighted by molar-refractivity contribution is 5.80. The molecule has 0 unspecified atom stereocenters. The SMILES string of the molecule is CC(C)OCCCNC(=NC[C@@H]1COCCO1)N1CCN(c2ncccc2F)CC1. The molecule has 0 spiro atoms. The average Bonchev–Trinajstić information content (AvgIpc) is 2.77. The zero-order valence-corrected chi connectivity index (χ0v) is 18.1. The topological polar surface area (TPSA) is 71.5 Å². The van der Waals surface area contributed by atoms with E-state index in [2.05, 4.69) is 15.2 Å². The van der Waals surface area contributed by atoms with Crippen molar-refractivity contribution >= 4 is 11.8 Å². The Labute approximate surface area is 178 Å². The molecular weight excluding hydrogens is 389 g/mol. The summed E-state index contributed by atoms with van der Waals surface area (Å²) in [6, 6.07) is 3.07. The van der Waals surface area contributed by atoms with Gasteiger partial charge in [0, 0.05) is 45.5 Å². The van der Waals surface area contributed by atoms with E-state index in [1.807, 2.05) is 18.7 Å². The predicted octanol–water partition coefficient (Wildman–Crippen LogP) is 1.52. The second kappa shape index (κ2) is 12.0. The molecule has 0 aliphatic carbocycles. The summed E-state index contributed by atoms with van der Waals surface area (Å²) in [4.78, 5) is 13.2. The standard InChI is InChI=1S/C21H34FN5O3/c1-17(2)29-12-4-7-24-21(25-15-18-16-28-13-14-30-18)27-10-8-26(9-11-27)20-19(22)5-3-6-23-20/h3,5-6,17-18H,4,7-16H2,1-2H3,(H,24,25)/t18-/m1/s1. The van der Waals surface area contributed by atoms with Crippen molar-refractivity contribution in [3.8, 4) is 0 Å². The van der Waals surface area contributed by atoms with E-state index in [-0.39, 0.29) is 18.0 Å². The number of nitrogens with one attached hydrogen (secondary N) is 1. The summed E-state index contributed by atoms with van der Waals surface area (Å²) in [5, 5.41) is 3.46. The molecule has 1 aromatic heterocycles. The van der Waals surface area contributed by atoms with Gasteiger partial charge in [0.1, 0.15) is 6.10 Å². The van der Waals surface area contributed by atoms with Gasteiger partial charge in [0.25, 0.3) is 0 Å². The molecule has 2 saturated heterocycles. The summed E-state index contributed by atoms with van der Waals surface area (Å²) in [6.45, 7) is 10.8. The summed E-state index contributed by atoms with van der Waals surface area (Å²) in [6.07, 6.45) is 2.76. The average molecular weight is 424 g/mol. The van der Waals surface area contributed by atoms with Crippen LogP contribution in [-0.4, -0.2) is 93.7 Å². The molecule has 0 bridgehead atoms. The van der Waals surface area contributed by atoms with Crippen LogP contribution < -0.4 is 10.2 Å². The van der Waals surface area contributed by atoms with E-state index in [0.717, 1.165) is 32.0 Å². The van der Waals surface area contributed by atoms with Crippen LogP contribution in [0.15, 0.2) is 23.3 Å². The molecule has 0 radical (unpaired) electrons. The lowest BCUT2D eigenvalue weighted by atomic mass is 10.3. The zero-order chi connectivity index (χ0) is 21.2. The van der Waals surface area contributed by atoms with Crippen LogP contribution in [0.25, 0.3) is 0 Å². The Morgan fingerprint density at radius 3 is 2.87 bits per heavy atom. The normalized spacial score (nSPS) is 20.7. The van der Waals surface area contributed by atoms with Crippen molar-refractivity contribution in [1.82, 2.24) is 15.2 Å². The van der Waals surface area contributed by atoms with Crippen molar-refractivity contribution in [2.45, 2.75) is 32.5 Å². The third kappa shape index (κ3) is 7.07. The molecule has 2 aliphatic heterocycles. The number of piperazine rings is 1. The van der Waals surface area contributed by atoms with Crippen LogP contribution in [-0.2, 0) is 14.2 Å². The smallest absolute Gasteiger partial charge is 0.194 e. The summed E-state index contributed by atoms with van der Waals surface area (Å²) in [7, 11) is 0. The summed E-state index contributed by atoms with van der Waals surface area (Å²) >= 11 is 0. The highest BCUT2D eigenvalue weighted by Gasteiger charge is 2.23. The Morgan fingerprint density at radius 2 is 2.17 bits per heavy atom. The number of aliphatic imine (C=N–C) groups is 1. The zero-order valence-electron chi connectivity index (χ0n) is 18.1. The van der Waals surface area contributed by atoms with Crippen molar-refractivity contribution < 1.29 is 18.6 Å². The number of halogens is 1. The third-order valence-electron chi connectivity index (χ3n) is 5.00. The fraction of sp³-hybridized carbons (Fsp3) is 0.714. The Balaban J connectivity index is 1.54. The fourth-order valence-electron chi connectivity index (χ4n) is 3.43. The van der Waals surface area contributed by atoms with E-state index in [4.69, 9.17) is 19.2 Å². The number of ether oxygens (including phenoxy) is 3. The molecule has 1 aromatic rings. The molecule has 168 valence electrons. The van der Waals surface area contributed by atoms with Crippen molar-refractivity contribution in [3.05, 3.63) is 24.1 Å².